The number of aryl methyl sites for hydroxylation is 1. The van der Waals surface area contributed by atoms with Gasteiger partial charge in [0.2, 0.25) is 0 Å². The van der Waals surface area contributed by atoms with Crippen LogP contribution in [-0.4, -0.2) is 18.3 Å². The lowest BCUT2D eigenvalue weighted by Gasteiger charge is -2.08. The Labute approximate surface area is 136 Å². The van der Waals surface area contributed by atoms with Crippen LogP contribution in [0.1, 0.15) is 11.1 Å². The summed E-state index contributed by atoms with van der Waals surface area (Å²) in [6, 6.07) is 7.62. The fraction of sp³-hybridized carbons (Fsp3) is 0.143. The Morgan fingerprint density at radius 3 is 1.96 bits per heavy atom. The minimum Gasteiger partial charge on any atom is -0.379 e. The number of benzene rings is 2. The van der Waals surface area contributed by atoms with Gasteiger partial charge in [-0.25, -0.2) is 0 Å². The molecule has 126 valence electrons. The molecule has 2 aromatic rings. The molecule has 0 aliphatic carbocycles. The summed E-state index contributed by atoms with van der Waals surface area (Å²) in [4.78, 5) is 19.6. The topological polar surface area (TPSA) is 130 Å². The number of nitrogens with zero attached hydrogens (tertiary/aromatic N) is 2. The van der Waals surface area contributed by atoms with E-state index in [1.807, 2.05) is 0 Å². The molecular weight excluding hydrogens is 340 g/mol. The molecule has 0 aromatic heterocycles. The van der Waals surface area contributed by atoms with E-state index in [0.717, 1.165) is 17.7 Å². The van der Waals surface area contributed by atoms with E-state index < -0.39 is 36.2 Å². The first-order valence-corrected chi connectivity index (χ1v) is 7.97. The molecule has 0 saturated heterocycles. The zero-order chi connectivity index (χ0) is 18.1. The van der Waals surface area contributed by atoms with Crippen molar-refractivity contribution in [1.29, 1.82) is 0 Å². The molecule has 0 saturated carbocycles. The molecule has 0 radical (unpaired) electrons. The van der Waals surface area contributed by atoms with Crippen LogP contribution in [0.25, 0.3) is 0 Å². The molecule has 10 heteroatoms. The molecule has 0 bridgehead atoms. The van der Waals surface area contributed by atoms with Crippen LogP contribution in [0.3, 0.4) is 0 Å². The van der Waals surface area contributed by atoms with E-state index >= 15 is 0 Å². The van der Waals surface area contributed by atoms with Crippen molar-refractivity contribution >= 4 is 21.5 Å². The van der Waals surface area contributed by atoms with Crippen LogP contribution in [0.4, 0.5) is 11.4 Å². The third kappa shape index (κ3) is 3.49. The Morgan fingerprint density at radius 2 is 1.50 bits per heavy atom. The van der Waals surface area contributed by atoms with Crippen molar-refractivity contribution in [2.45, 2.75) is 18.7 Å². The number of nitro groups is 2. The number of hydrogen-bond donors (Lipinski definition) is 0. The smallest absolute Gasteiger partial charge is 0.339 e. The van der Waals surface area contributed by atoms with Crippen LogP contribution in [0.5, 0.6) is 5.75 Å². The van der Waals surface area contributed by atoms with Gasteiger partial charge < -0.3 is 4.18 Å². The highest BCUT2D eigenvalue weighted by atomic mass is 32.2. The summed E-state index contributed by atoms with van der Waals surface area (Å²) >= 11 is 0. The zero-order valence-corrected chi connectivity index (χ0v) is 13.4. The maximum atomic E-state index is 12.3. The largest absolute Gasteiger partial charge is 0.379 e. The summed E-state index contributed by atoms with van der Waals surface area (Å²) in [5.74, 6) is 0.000816. The number of nitro benzene ring substituents is 2. The van der Waals surface area contributed by atoms with E-state index in [9.17, 15) is 28.6 Å². The average Bonchev–Trinajstić information content (AvgIpc) is 2.46. The Hall–Kier alpha value is -3.01. The Balaban J connectivity index is 2.57. The third-order valence-electron chi connectivity index (χ3n) is 3.20. The van der Waals surface area contributed by atoms with Gasteiger partial charge in [0.15, 0.2) is 0 Å². The van der Waals surface area contributed by atoms with Gasteiger partial charge >= 0.3 is 10.1 Å². The van der Waals surface area contributed by atoms with Gasteiger partial charge in [0.1, 0.15) is 16.2 Å². The molecule has 0 unspecified atom stereocenters. The van der Waals surface area contributed by atoms with Crippen molar-refractivity contribution < 1.29 is 22.4 Å². The first-order valence-electron chi connectivity index (χ1n) is 6.56. The van der Waals surface area contributed by atoms with Crippen LogP contribution < -0.4 is 4.18 Å². The molecule has 0 heterocycles. The highest BCUT2D eigenvalue weighted by molar-refractivity contribution is 7.87. The number of rotatable bonds is 5. The average molecular weight is 352 g/mol. The lowest BCUT2D eigenvalue weighted by atomic mass is 10.1. The second-order valence-electron chi connectivity index (χ2n) is 4.95. The molecule has 9 nitrogen and oxygen atoms in total. The quantitative estimate of drug-likeness (QED) is 0.459. The van der Waals surface area contributed by atoms with Gasteiger partial charge in [-0.3, -0.25) is 20.2 Å². The molecule has 0 atom stereocenters. The molecule has 2 rings (SSSR count). The molecule has 2 aromatic carbocycles. The van der Waals surface area contributed by atoms with Crippen molar-refractivity contribution in [1.82, 2.24) is 0 Å². The lowest BCUT2D eigenvalue weighted by Crippen LogP contribution is -2.11. The first kappa shape index (κ1) is 17.3. The Morgan fingerprint density at radius 1 is 0.958 bits per heavy atom. The third-order valence-corrected chi connectivity index (χ3v) is 4.43. The summed E-state index contributed by atoms with van der Waals surface area (Å²) in [7, 11) is -4.47. The lowest BCUT2D eigenvalue weighted by molar-refractivity contribution is -0.395. The van der Waals surface area contributed by atoms with E-state index in [4.69, 9.17) is 4.18 Å². The zero-order valence-electron chi connectivity index (χ0n) is 12.6. The minimum absolute atomic E-state index is 0.000816. The van der Waals surface area contributed by atoms with Gasteiger partial charge in [-0.15, -0.1) is 0 Å². The van der Waals surface area contributed by atoms with Crippen LogP contribution in [0.2, 0.25) is 0 Å². The van der Waals surface area contributed by atoms with Gasteiger partial charge in [0, 0.05) is 12.1 Å². The molecule has 0 aliphatic heterocycles. The molecule has 0 aliphatic rings. The van der Waals surface area contributed by atoms with Gasteiger partial charge in [-0.2, -0.15) is 8.42 Å². The summed E-state index contributed by atoms with van der Waals surface area (Å²) in [6.45, 7) is 2.90. The molecule has 0 N–H and O–H groups in total. The SMILES string of the molecule is Cc1cccc(OS(=O)(=O)c2cc([N+](=O)[O-])c(C)c([N+](=O)[O-])c2)c1. The van der Waals surface area contributed by atoms with Crippen molar-refractivity contribution in [3.05, 3.63) is 67.8 Å². The van der Waals surface area contributed by atoms with Crippen molar-refractivity contribution in [2.75, 3.05) is 0 Å². The van der Waals surface area contributed by atoms with Gasteiger partial charge in [0.25, 0.3) is 11.4 Å². The second-order valence-corrected chi connectivity index (χ2v) is 6.50. The van der Waals surface area contributed by atoms with Crippen molar-refractivity contribution in [3.8, 4) is 5.75 Å². The first-order chi connectivity index (χ1) is 11.1. The van der Waals surface area contributed by atoms with E-state index in [1.54, 1.807) is 19.1 Å². The fourth-order valence-corrected chi connectivity index (χ4v) is 2.99. The van der Waals surface area contributed by atoms with Crippen LogP contribution in [-0.2, 0) is 10.1 Å². The van der Waals surface area contributed by atoms with Crippen LogP contribution in [0.15, 0.2) is 41.3 Å². The van der Waals surface area contributed by atoms with Gasteiger partial charge in [-0.1, -0.05) is 12.1 Å². The standard InChI is InChI=1S/C14H12N2O7S/c1-9-4-3-5-11(6-9)23-24(21,22)12-7-13(15(17)18)10(2)14(8-12)16(19)20/h3-8H,1-2H3. The molecule has 24 heavy (non-hydrogen) atoms. The fourth-order valence-electron chi connectivity index (χ4n) is 2.02. The summed E-state index contributed by atoms with van der Waals surface area (Å²) in [5, 5.41) is 22.1. The predicted octanol–water partition coefficient (Wildman–Crippen LogP) is 2.89. The minimum atomic E-state index is -4.47. The van der Waals surface area contributed by atoms with E-state index in [-0.39, 0.29) is 11.3 Å². The summed E-state index contributed by atoms with van der Waals surface area (Å²) in [5.41, 5.74) is -0.839. The highest BCUT2D eigenvalue weighted by Gasteiger charge is 2.29. The predicted molar refractivity (Wildman–Crippen MR) is 83.5 cm³/mol. The highest BCUT2D eigenvalue weighted by Crippen LogP contribution is 2.32. The molecule has 0 amide bonds. The Kier molecular flexibility index (Phi) is 4.51. The van der Waals surface area contributed by atoms with E-state index in [2.05, 4.69) is 0 Å². The normalized spacial score (nSPS) is 11.1. The summed E-state index contributed by atoms with van der Waals surface area (Å²) < 4.78 is 29.5. The maximum absolute atomic E-state index is 12.3. The van der Waals surface area contributed by atoms with Crippen molar-refractivity contribution in [3.63, 3.8) is 0 Å². The van der Waals surface area contributed by atoms with E-state index in [1.165, 1.54) is 19.1 Å². The molecule has 0 fully saturated rings. The number of hydrogen-bond acceptors (Lipinski definition) is 7. The van der Waals surface area contributed by atoms with Crippen molar-refractivity contribution in [2.24, 2.45) is 0 Å². The second kappa shape index (κ2) is 6.24. The molecule has 0 spiro atoms. The monoisotopic (exact) mass is 352 g/mol. The maximum Gasteiger partial charge on any atom is 0.339 e. The summed E-state index contributed by atoms with van der Waals surface area (Å²) in [6.07, 6.45) is 0. The van der Waals surface area contributed by atoms with Crippen LogP contribution >= 0.6 is 0 Å². The van der Waals surface area contributed by atoms with Gasteiger partial charge in [-0.05, 0) is 31.5 Å². The van der Waals surface area contributed by atoms with Crippen LogP contribution in [0, 0.1) is 34.1 Å². The Bertz CT molecular complexity index is 903. The van der Waals surface area contributed by atoms with E-state index in [0.29, 0.717) is 0 Å². The van der Waals surface area contributed by atoms with Gasteiger partial charge in [0.05, 0.1) is 9.85 Å². The molecular formula is C14H12N2O7S.